The maximum Gasteiger partial charge on any atom is 0.316 e. The van der Waals surface area contributed by atoms with Gasteiger partial charge in [0.15, 0.2) is 0 Å². The molecule has 6 heteroatoms. The number of benzene rings is 2. The van der Waals surface area contributed by atoms with E-state index in [2.05, 4.69) is 4.36 Å². The van der Waals surface area contributed by atoms with E-state index in [9.17, 15) is 13.2 Å². The Balaban J connectivity index is 2.81. The lowest BCUT2D eigenvalue weighted by Crippen LogP contribution is -2.12. The summed E-state index contributed by atoms with van der Waals surface area (Å²) < 4.78 is 25.0. The highest BCUT2D eigenvalue weighted by Gasteiger charge is 2.14. The standard InChI is InChI=1S/C13H10N2O3S/c14-13(16)10-7-4-8-11(15-19(17)18)12(10)9-5-2-1-3-6-9/h1-8H,(H2,14,16). The van der Waals surface area contributed by atoms with Gasteiger partial charge in [-0.15, -0.1) is 4.36 Å². The van der Waals surface area contributed by atoms with Crippen LogP contribution in [0.25, 0.3) is 11.1 Å². The van der Waals surface area contributed by atoms with Gasteiger partial charge >= 0.3 is 10.5 Å². The van der Waals surface area contributed by atoms with Crippen molar-refractivity contribution in [2.45, 2.75) is 0 Å². The van der Waals surface area contributed by atoms with Crippen LogP contribution in [0.1, 0.15) is 10.4 Å². The Bertz CT molecular complexity index is 745. The number of nitrogens with zero attached hydrogens (tertiary/aromatic N) is 1. The Morgan fingerprint density at radius 1 is 1.00 bits per heavy atom. The average Bonchev–Trinajstić information content (AvgIpc) is 2.38. The Hall–Kier alpha value is -2.47. The van der Waals surface area contributed by atoms with Crippen LogP contribution < -0.4 is 5.73 Å². The first-order valence-electron chi connectivity index (χ1n) is 5.39. The van der Waals surface area contributed by atoms with Crippen LogP contribution in [0.15, 0.2) is 52.9 Å². The van der Waals surface area contributed by atoms with Crippen LogP contribution in [0, 0.1) is 0 Å². The first-order chi connectivity index (χ1) is 9.09. The zero-order chi connectivity index (χ0) is 13.8. The largest absolute Gasteiger partial charge is 0.366 e. The highest BCUT2D eigenvalue weighted by Crippen LogP contribution is 2.33. The van der Waals surface area contributed by atoms with Gasteiger partial charge < -0.3 is 5.73 Å². The third kappa shape index (κ3) is 2.86. The minimum atomic E-state index is -2.60. The average molecular weight is 274 g/mol. The van der Waals surface area contributed by atoms with Crippen LogP contribution >= 0.6 is 0 Å². The summed E-state index contributed by atoms with van der Waals surface area (Å²) in [5.74, 6) is -0.632. The molecule has 0 atom stereocenters. The molecule has 0 spiro atoms. The monoisotopic (exact) mass is 274 g/mol. The summed E-state index contributed by atoms with van der Waals surface area (Å²) in [6, 6.07) is 13.5. The second kappa shape index (κ2) is 5.45. The molecule has 0 aliphatic heterocycles. The van der Waals surface area contributed by atoms with Crippen LogP contribution in [0.3, 0.4) is 0 Å². The lowest BCUT2D eigenvalue weighted by Gasteiger charge is -2.09. The number of nitrogens with two attached hydrogens (primary N) is 1. The first-order valence-corrected chi connectivity index (χ1v) is 6.42. The van der Waals surface area contributed by atoms with Gasteiger partial charge in [0.2, 0.25) is 5.91 Å². The molecule has 1 amide bonds. The fraction of sp³-hybridized carbons (Fsp3) is 0. The summed E-state index contributed by atoms with van der Waals surface area (Å²) in [5.41, 5.74) is 6.84. The second-order valence-electron chi connectivity index (χ2n) is 3.74. The summed E-state index contributed by atoms with van der Waals surface area (Å²) in [7, 11) is -2.60. The molecule has 0 saturated heterocycles. The van der Waals surface area contributed by atoms with Crippen LogP contribution in [-0.2, 0) is 10.5 Å². The molecule has 96 valence electrons. The van der Waals surface area contributed by atoms with Crippen molar-refractivity contribution < 1.29 is 13.2 Å². The zero-order valence-corrected chi connectivity index (χ0v) is 10.6. The van der Waals surface area contributed by atoms with E-state index in [4.69, 9.17) is 5.73 Å². The van der Waals surface area contributed by atoms with E-state index in [0.717, 1.165) is 0 Å². The fourth-order valence-electron chi connectivity index (χ4n) is 1.81. The van der Waals surface area contributed by atoms with Crippen molar-refractivity contribution in [3.63, 3.8) is 0 Å². The van der Waals surface area contributed by atoms with E-state index >= 15 is 0 Å². The summed E-state index contributed by atoms with van der Waals surface area (Å²) in [6.07, 6.45) is 0. The molecule has 0 radical (unpaired) electrons. The SMILES string of the molecule is NC(=O)c1cccc(N=S(=O)=O)c1-c1ccccc1. The lowest BCUT2D eigenvalue weighted by molar-refractivity contribution is 0.100. The number of primary amides is 1. The van der Waals surface area contributed by atoms with E-state index in [-0.39, 0.29) is 11.3 Å². The minimum Gasteiger partial charge on any atom is -0.366 e. The van der Waals surface area contributed by atoms with Crippen molar-refractivity contribution in [3.05, 3.63) is 54.1 Å². The number of amides is 1. The van der Waals surface area contributed by atoms with Crippen molar-refractivity contribution in [1.29, 1.82) is 0 Å². The lowest BCUT2D eigenvalue weighted by atomic mass is 9.97. The van der Waals surface area contributed by atoms with Gasteiger partial charge in [-0.3, -0.25) is 4.79 Å². The van der Waals surface area contributed by atoms with E-state index in [1.807, 2.05) is 6.07 Å². The number of hydrogen-bond donors (Lipinski definition) is 1. The molecule has 2 N–H and O–H groups in total. The molecular weight excluding hydrogens is 264 g/mol. The molecular formula is C13H10N2O3S. The minimum absolute atomic E-state index is 0.191. The van der Waals surface area contributed by atoms with Crippen LogP contribution in [0.4, 0.5) is 5.69 Å². The highest BCUT2D eigenvalue weighted by molar-refractivity contribution is 7.61. The Labute approximate surface area is 111 Å². The van der Waals surface area contributed by atoms with Gasteiger partial charge in [-0.25, -0.2) is 0 Å². The highest BCUT2D eigenvalue weighted by atomic mass is 32.2. The molecule has 0 bridgehead atoms. The normalized spacial score (nSPS) is 9.89. The third-order valence-electron chi connectivity index (χ3n) is 2.54. The molecule has 2 aromatic carbocycles. The predicted molar refractivity (Wildman–Crippen MR) is 71.4 cm³/mol. The summed E-state index contributed by atoms with van der Waals surface area (Å²) in [5, 5.41) is 0. The molecule has 0 unspecified atom stereocenters. The van der Waals surface area contributed by atoms with Crippen molar-refractivity contribution in [2.24, 2.45) is 10.1 Å². The van der Waals surface area contributed by atoms with Crippen molar-refractivity contribution >= 4 is 22.1 Å². The van der Waals surface area contributed by atoms with Crippen LogP contribution in [-0.4, -0.2) is 14.3 Å². The summed E-state index contributed by atoms with van der Waals surface area (Å²) in [4.78, 5) is 11.5. The smallest absolute Gasteiger partial charge is 0.316 e. The van der Waals surface area contributed by atoms with E-state index in [1.165, 1.54) is 18.2 Å². The Kier molecular flexibility index (Phi) is 3.72. The molecule has 0 heterocycles. The van der Waals surface area contributed by atoms with Gasteiger partial charge in [0, 0.05) is 11.1 Å². The van der Waals surface area contributed by atoms with Crippen LogP contribution in [0.2, 0.25) is 0 Å². The van der Waals surface area contributed by atoms with Gasteiger partial charge in [0.25, 0.3) is 0 Å². The quantitative estimate of drug-likeness (QED) is 0.929. The molecule has 0 fully saturated rings. The number of rotatable bonds is 3. The van der Waals surface area contributed by atoms with Gasteiger partial charge in [-0.1, -0.05) is 36.4 Å². The zero-order valence-electron chi connectivity index (χ0n) is 9.78. The number of hydrogen-bond acceptors (Lipinski definition) is 4. The molecule has 2 aromatic rings. The number of carbonyl (C=O) groups is 1. The Morgan fingerprint density at radius 2 is 1.68 bits per heavy atom. The van der Waals surface area contributed by atoms with Gasteiger partial charge in [-0.05, 0) is 17.7 Å². The van der Waals surface area contributed by atoms with E-state index in [0.29, 0.717) is 11.1 Å². The number of carbonyl (C=O) groups excluding carboxylic acids is 1. The summed E-state index contributed by atoms with van der Waals surface area (Å²) in [6.45, 7) is 0. The molecule has 0 aliphatic rings. The van der Waals surface area contributed by atoms with Crippen molar-refractivity contribution in [1.82, 2.24) is 0 Å². The molecule has 5 nitrogen and oxygen atoms in total. The molecule has 19 heavy (non-hydrogen) atoms. The molecule has 0 saturated carbocycles. The molecule has 0 aliphatic carbocycles. The molecule has 0 aromatic heterocycles. The van der Waals surface area contributed by atoms with E-state index in [1.54, 1.807) is 24.3 Å². The van der Waals surface area contributed by atoms with Crippen molar-refractivity contribution in [3.8, 4) is 11.1 Å². The van der Waals surface area contributed by atoms with Gasteiger partial charge in [0.1, 0.15) is 0 Å². The Morgan fingerprint density at radius 3 is 2.26 bits per heavy atom. The fourth-order valence-corrected chi connectivity index (χ4v) is 2.12. The second-order valence-corrected chi connectivity index (χ2v) is 4.36. The maximum atomic E-state index is 11.5. The predicted octanol–water partition coefficient (Wildman–Crippen LogP) is 2.15. The van der Waals surface area contributed by atoms with Gasteiger partial charge in [-0.2, -0.15) is 8.42 Å². The topological polar surface area (TPSA) is 89.6 Å². The van der Waals surface area contributed by atoms with Crippen LogP contribution in [0.5, 0.6) is 0 Å². The summed E-state index contributed by atoms with van der Waals surface area (Å²) >= 11 is 0. The van der Waals surface area contributed by atoms with E-state index < -0.39 is 16.4 Å². The first kappa shape index (κ1) is 13.0. The third-order valence-corrected chi connectivity index (χ3v) is 2.89. The van der Waals surface area contributed by atoms with Crippen molar-refractivity contribution in [2.75, 3.05) is 0 Å². The van der Waals surface area contributed by atoms with Gasteiger partial charge in [0.05, 0.1) is 5.69 Å². The maximum absolute atomic E-state index is 11.5. The molecule has 2 rings (SSSR count).